The average Bonchev–Trinajstić information content (AvgIpc) is 2.92. The van der Waals surface area contributed by atoms with E-state index in [1.54, 1.807) is 12.1 Å². The quantitative estimate of drug-likeness (QED) is 0.580. The maximum absolute atomic E-state index is 11.1. The molecule has 0 bridgehead atoms. The Morgan fingerprint density at radius 1 is 1.10 bits per heavy atom. The summed E-state index contributed by atoms with van der Waals surface area (Å²) in [6, 6.07) is 3.58. The fourth-order valence-electron chi connectivity index (χ4n) is 3.11. The van der Waals surface area contributed by atoms with E-state index in [2.05, 4.69) is 18.7 Å². The van der Waals surface area contributed by atoms with Crippen molar-refractivity contribution >= 4 is 11.4 Å². The summed E-state index contributed by atoms with van der Waals surface area (Å²) in [6.07, 6.45) is 6.35. The van der Waals surface area contributed by atoms with E-state index in [1.807, 2.05) is 0 Å². The molecule has 4 heteroatoms. The topological polar surface area (TPSA) is 46.4 Å². The van der Waals surface area contributed by atoms with Crippen LogP contribution in [0.1, 0.15) is 50.7 Å². The van der Waals surface area contributed by atoms with E-state index in [4.69, 9.17) is 0 Å². The minimum absolute atomic E-state index is 0.250. The summed E-state index contributed by atoms with van der Waals surface area (Å²) < 4.78 is 0. The second-order valence-electron chi connectivity index (χ2n) is 5.56. The van der Waals surface area contributed by atoms with Gasteiger partial charge >= 0.3 is 0 Å². The highest BCUT2D eigenvalue weighted by atomic mass is 16.6. The molecule has 4 nitrogen and oxygen atoms in total. The number of nitro groups is 1. The highest BCUT2D eigenvalue weighted by molar-refractivity contribution is 5.64. The van der Waals surface area contributed by atoms with Crippen LogP contribution in [0.5, 0.6) is 0 Å². The van der Waals surface area contributed by atoms with Crippen LogP contribution in [0, 0.1) is 10.1 Å². The number of nitro benzene ring substituents is 1. The molecule has 0 unspecified atom stereocenters. The first-order valence-electron chi connectivity index (χ1n) is 7.72. The van der Waals surface area contributed by atoms with Crippen LogP contribution < -0.4 is 4.90 Å². The zero-order valence-electron chi connectivity index (χ0n) is 12.5. The zero-order chi connectivity index (χ0) is 14.5. The van der Waals surface area contributed by atoms with Gasteiger partial charge in [0.1, 0.15) is 0 Å². The highest BCUT2D eigenvalue weighted by Gasteiger charge is 2.22. The summed E-state index contributed by atoms with van der Waals surface area (Å²) in [7, 11) is 0. The van der Waals surface area contributed by atoms with Crippen LogP contribution in [-0.4, -0.2) is 18.0 Å². The van der Waals surface area contributed by atoms with Crippen molar-refractivity contribution < 1.29 is 4.92 Å². The maximum Gasteiger partial charge on any atom is 0.270 e. The van der Waals surface area contributed by atoms with Gasteiger partial charge in [-0.05, 0) is 36.8 Å². The van der Waals surface area contributed by atoms with Crippen LogP contribution in [0.25, 0.3) is 0 Å². The molecule has 0 aliphatic carbocycles. The molecule has 0 saturated carbocycles. The minimum Gasteiger partial charge on any atom is -0.371 e. The van der Waals surface area contributed by atoms with Gasteiger partial charge in [0.15, 0.2) is 0 Å². The van der Waals surface area contributed by atoms with Gasteiger partial charge in [0.2, 0.25) is 0 Å². The normalized spacial score (nSPS) is 14.8. The second-order valence-corrected chi connectivity index (χ2v) is 5.56. The second kappa shape index (κ2) is 6.73. The smallest absolute Gasteiger partial charge is 0.270 e. The number of rotatable bonds is 6. The molecule has 1 heterocycles. The summed E-state index contributed by atoms with van der Waals surface area (Å²) in [4.78, 5) is 13.3. The van der Waals surface area contributed by atoms with E-state index < -0.39 is 0 Å². The zero-order valence-corrected chi connectivity index (χ0v) is 12.5. The first-order valence-corrected chi connectivity index (χ1v) is 7.72. The third kappa shape index (κ3) is 3.11. The van der Waals surface area contributed by atoms with Crippen LogP contribution in [0.2, 0.25) is 0 Å². The van der Waals surface area contributed by atoms with E-state index >= 15 is 0 Å². The van der Waals surface area contributed by atoms with Crippen LogP contribution in [0.15, 0.2) is 12.1 Å². The van der Waals surface area contributed by atoms with E-state index in [0.717, 1.165) is 49.9 Å². The molecule has 0 aromatic heterocycles. The SMILES string of the molecule is CCCc1cc([N+](=O)[O-])cc(CCC)c1N1CCCC1. The molecule has 0 atom stereocenters. The summed E-state index contributed by atoms with van der Waals surface area (Å²) in [5.74, 6) is 0. The number of hydrogen-bond donors (Lipinski definition) is 0. The predicted octanol–water partition coefficient (Wildman–Crippen LogP) is 4.10. The van der Waals surface area contributed by atoms with E-state index in [1.165, 1.54) is 18.5 Å². The highest BCUT2D eigenvalue weighted by Crippen LogP contribution is 2.34. The lowest BCUT2D eigenvalue weighted by atomic mass is 9.98. The lowest BCUT2D eigenvalue weighted by Crippen LogP contribution is -2.21. The fraction of sp³-hybridized carbons (Fsp3) is 0.625. The van der Waals surface area contributed by atoms with Crippen molar-refractivity contribution in [1.82, 2.24) is 0 Å². The first kappa shape index (κ1) is 14.8. The molecular weight excluding hydrogens is 252 g/mol. The predicted molar refractivity (Wildman–Crippen MR) is 82.5 cm³/mol. The Morgan fingerprint density at radius 3 is 2.00 bits per heavy atom. The van der Waals surface area contributed by atoms with Gasteiger partial charge in [-0.1, -0.05) is 26.7 Å². The maximum atomic E-state index is 11.1. The van der Waals surface area contributed by atoms with E-state index in [0.29, 0.717) is 0 Å². The Hall–Kier alpha value is -1.58. The molecule has 20 heavy (non-hydrogen) atoms. The molecule has 2 rings (SSSR count). The summed E-state index contributed by atoms with van der Waals surface area (Å²) in [6.45, 7) is 6.44. The number of aryl methyl sites for hydroxylation is 2. The summed E-state index contributed by atoms with van der Waals surface area (Å²) in [5.41, 5.74) is 3.86. The average molecular weight is 276 g/mol. The molecule has 1 aromatic carbocycles. The first-order chi connectivity index (χ1) is 9.67. The van der Waals surface area contributed by atoms with E-state index in [9.17, 15) is 10.1 Å². The van der Waals surface area contributed by atoms with Crippen molar-refractivity contribution in [2.24, 2.45) is 0 Å². The molecule has 110 valence electrons. The van der Waals surface area contributed by atoms with Crippen LogP contribution in [0.4, 0.5) is 11.4 Å². The van der Waals surface area contributed by atoms with Crippen molar-refractivity contribution in [2.45, 2.75) is 52.4 Å². The van der Waals surface area contributed by atoms with Crippen molar-refractivity contribution in [3.8, 4) is 0 Å². The summed E-state index contributed by atoms with van der Waals surface area (Å²) in [5, 5.41) is 11.1. The van der Waals surface area contributed by atoms with Gasteiger partial charge in [0.05, 0.1) is 4.92 Å². The Kier molecular flexibility index (Phi) is 4.99. The molecule has 1 saturated heterocycles. The Balaban J connectivity index is 2.50. The number of benzene rings is 1. The van der Waals surface area contributed by atoms with Crippen molar-refractivity contribution in [3.63, 3.8) is 0 Å². The number of nitrogens with zero attached hydrogens (tertiary/aromatic N) is 2. The molecule has 0 radical (unpaired) electrons. The third-order valence-electron chi connectivity index (χ3n) is 3.92. The van der Waals surface area contributed by atoms with Gasteiger partial charge in [0, 0.05) is 30.9 Å². The van der Waals surface area contributed by atoms with Crippen LogP contribution >= 0.6 is 0 Å². The van der Waals surface area contributed by atoms with Gasteiger partial charge in [-0.3, -0.25) is 10.1 Å². The molecule has 0 amide bonds. The Morgan fingerprint density at radius 2 is 1.60 bits per heavy atom. The molecule has 1 fully saturated rings. The summed E-state index contributed by atoms with van der Waals surface area (Å²) >= 11 is 0. The molecular formula is C16H24N2O2. The lowest BCUT2D eigenvalue weighted by molar-refractivity contribution is -0.385. The number of non-ortho nitro benzene ring substituents is 1. The number of hydrogen-bond acceptors (Lipinski definition) is 3. The van der Waals surface area contributed by atoms with Gasteiger partial charge < -0.3 is 4.90 Å². The van der Waals surface area contributed by atoms with Gasteiger partial charge in [-0.2, -0.15) is 0 Å². The minimum atomic E-state index is -0.258. The molecule has 1 aliphatic rings. The largest absolute Gasteiger partial charge is 0.371 e. The lowest BCUT2D eigenvalue weighted by Gasteiger charge is -2.25. The molecule has 0 spiro atoms. The van der Waals surface area contributed by atoms with Gasteiger partial charge in [-0.15, -0.1) is 0 Å². The third-order valence-corrected chi connectivity index (χ3v) is 3.92. The molecule has 0 N–H and O–H groups in total. The van der Waals surface area contributed by atoms with Crippen molar-refractivity contribution in [1.29, 1.82) is 0 Å². The standard InChI is InChI=1S/C16H24N2O2/c1-3-7-13-11-15(18(19)20)12-14(8-4-2)16(13)17-9-5-6-10-17/h11-12H,3-10H2,1-2H3. The van der Waals surface area contributed by atoms with E-state index in [-0.39, 0.29) is 10.6 Å². The fourth-order valence-corrected chi connectivity index (χ4v) is 3.11. The molecule has 1 aliphatic heterocycles. The van der Waals surface area contributed by atoms with Crippen molar-refractivity contribution in [3.05, 3.63) is 33.4 Å². The molecule has 1 aromatic rings. The number of anilines is 1. The van der Waals surface area contributed by atoms with Crippen molar-refractivity contribution in [2.75, 3.05) is 18.0 Å². The Bertz CT molecular complexity index is 452. The van der Waals surface area contributed by atoms with Gasteiger partial charge in [0.25, 0.3) is 5.69 Å². The van der Waals surface area contributed by atoms with Gasteiger partial charge in [-0.25, -0.2) is 0 Å². The van der Waals surface area contributed by atoms with Crippen LogP contribution in [0.3, 0.4) is 0 Å². The van der Waals surface area contributed by atoms with Crippen LogP contribution in [-0.2, 0) is 12.8 Å². The Labute approximate surface area is 120 Å². The monoisotopic (exact) mass is 276 g/mol.